The highest BCUT2D eigenvalue weighted by molar-refractivity contribution is 5.67. The lowest BCUT2D eigenvalue weighted by Gasteiger charge is -2.38. The summed E-state index contributed by atoms with van der Waals surface area (Å²) in [7, 11) is 1.65. The molecule has 1 aliphatic rings. The number of hydrogen-bond acceptors (Lipinski definition) is 6. The van der Waals surface area contributed by atoms with Crippen molar-refractivity contribution in [2.24, 2.45) is 0 Å². The molecule has 0 unspecified atom stereocenters. The van der Waals surface area contributed by atoms with Gasteiger partial charge in [-0.3, -0.25) is 0 Å². The number of carbonyl (C=O) groups excluding carboxylic acids is 1. The predicted octanol–water partition coefficient (Wildman–Crippen LogP) is 4.81. The van der Waals surface area contributed by atoms with Gasteiger partial charge in [-0.25, -0.2) is 4.79 Å². The third-order valence-corrected chi connectivity index (χ3v) is 6.16. The van der Waals surface area contributed by atoms with E-state index < -0.39 is 6.09 Å². The molecule has 172 valence electrons. The van der Waals surface area contributed by atoms with Gasteiger partial charge in [0.2, 0.25) is 5.89 Å². The van der Waals surface area contributed by atoms with E-state index in [2.05, 4.69) is 29.2 Å². The van der Waals surface area contributed by atoms with Crippen LogP contribution in [0.2, 0.25) is 0 Å². The van der Waals surface area contributed by atoms with Gasteiger partial charge in [-0.05, 0) is 48.9 Å². The molecule has 1 aromatic heterocycles. The standard InChI is InChI=1S/C26H29N3O4/c1-3-16-27-25(30)32-21-12-14-26(15-13-21,20-9-5-4-6-10-20)24-28-23(33-29-24)18-19-8-7-11-22(17-19)31-2/h3-11,17,21H,1,12-16,18H2,2H3,(H,27,30). The van der Waals surface area contributed by atoms with Crippen molar-refractivity contribution in [1.29, 1.82) is 0 Å². The zero-order valence-electron chi connectivity index (χ0n) is 18.8. The summed E-state index contributed by atoms with van der Waals surface area (Å²) in [6.45, 7) is 3.99. The maximum atomic E-state index is 12.0. The van der Waals surface area contributed by atoms with E-state index in [0.717, 1.165) is 42.6 Å². The average molecular weight is 448 g/mol. The first-order valence-electron chi connectivity index (χ1n) is 11.2. The van der Waals surface area contributed by atoms with Crippen molar-refractivity contribution >= 4 is 6.09 Å². The quantitative estimate of drug-likeness (QED) is 0.499. The fourth-order valence-electron chi connectivity index (χ4n) is 4.43. The Bertz CT molecular complexity index is 1070. The first-order valence-corrected chi connectivity index (χ1v) is 11.2. The Hall–Kier alpha value is -3.61. The van der Waals surface area contributed by atoms with Crippen LogP contribution < -0.4 is 10.1 Å². The van der Waals surface area contributed by atoms with E-state index in [1.165, 1.54) is 0 Å². The van der Waals surface area contributed by atoms with Gasteiger partial charge in [-0.1, -0.05) is 53.7 Å². The van der Waals surface area contributed by atoms with Crippen molar-refractivity contribution in [2.45, 2.75) is 43.6 Å². The second-order valence-corrected chi connectivity index (χ2v) is 8.26. The summed E-state index contributed by atoms with van der Waals surface area (Å²) in [5.41, 5.74) is 1.81. The number of carbonyl (C=O) groups is 1. The number of amides is 1. The van der Waals surface area contributed by atoms with Crippen LogP contribution in [0.4, 0.5) is 4.79 Å². The predicted molar refractivity (Wildman–Crippen MR) is 124 cm³/mol. The van der Waals surface area contributed by atoms with Crippen LogP contribution in [-0.4, -0.2) is 36.0 Å². The molecule has 0 radical (unpaired) electrons. The number of hydrogen-bond donors (Lipinski definition) is 1. The smallest absolute Gasteiger partial charge is 0.407 e. The Morgan fingerprint density at radius 1 is 1.21 bits per heavy atom. The molecule has 7 nitrogen and oxygen atoms in total. The summed E-state index contributed by atoms with van der Waals surface area (Å²) in [4.78, 5) is 16.8. The van der Waals surface area contributed by atoms with Gasteiger partial charge in [-0.2, -0.15) is 4.98 Å². The lowest BCUT2D eigenvalue weighted by molar-refractivity contribution is 0.0621. The number of alkyl carbamates (subject to hydrolysis) is 1. The third kappa shape index (κ3) is 5.25. The number of methoxy groups -OCH3 is 1. The molecule has 2 aromatic carbocycles. The molecule has 0 bridgehead atoms. The van der Waals surface area contributed by atoms with Crippen LogP contribution in [0.15, 0.2) is 71.8 Å². The first-order chi connectivity index (χ1) is 16.1. The monoisotopic (exact) mass is 447 g/mol. The van der Waals surface area contributed by atoms with Crippen LogP contribution in [0.1, 0.15) is 48.5 Å². The number of rotatable bonds is 8. The lowest BCUT2D eigenvalue weighted by Crippen LogP contribution is -2.38. The summed E-state index contributed by atoms with van der Waals surface area (Å²) in [6, 6.07) is 18.1. The zero-order valence-corrected chi connectivity index (χ0v) is 18.8. The van der Waals surface area contributed by atoms with Gasteiger partial charge in [0.15, 0.2) is 5.82 Å². The number of ether oxygens (including phenoxy) is 2. The average Bonchev–Trinajstić information content (AvgIpc) is 3.33. The van der Waals surface area contributed by atoms with E-state index in [4.69, 9.17) is 19.0 Å². The highest BCUT2D eigenvalue weighted by atomic mass is 16.6. The fraction of sp³-hybridized carbons (Fsp3) is 0.346. The van der Waals surface area contributed by atoms with Crippen molar-refractivity contribution in [3.63, 3.8) is 0 Å². The molecule has 33 heavy (non-hydrogen) atoms. The number of nitrogens with one attached hydrogen (secondary N) is 1. The minimum absolute atomic E-state index is 0.144. The van der Waals surface area contributed by atoms with E-state index >= 15 is 0 Å². The van der Waals surface area contributed by atoms with Crippen LogP contribution in [-0.2, 0) is 16.6 Å². The molecule has 1 N–H and O–H groups in total. The van der Waals surface area contributed by atoms with Crippen LogP contribution in [0.3, 0.4) is 0 Å². The van der Waals surface area contributed by atoms with E-state index in [1.807, 2.05) is 42.5 Å². The normalized spacial score (nSPS) is 20.1. The molecule has 0 aliphatic heterocycles. The molecule has 3 aromatic rings. The van der Waals surface area contributed by atoms with Crippen molar-refractivity contribution in [3.8, 4) is 5.75 Å². The van der Waals surface area contributed by atoms with Gasteiger partial charge in [-0.15, -0.1) is 6.58 Å². The molecular formula is C26H29N3O4. The van der Waals surface area contributed by atoms with E-state index in [-0.39, 0.29) is 11.5 Å². The zero-order chi connectivity index (χ0) is 23.1. The maximum absolute atomic E-state index is 12.0. The van der Waals surface area contributed by atoms with Crippen molar-refractivity contribution in [1.82, 2.24) is 15.5 Å². The summed E-state index contributed by atoms with van der Waals surface area (Å²) < 4.78 is 16.6. The second kappa shape index (κ2) is 10.3. The lowest BCUT2D eigenvalue weighted by atomic mass is 9.68. The molecule has 1 amide bonds. The maximum Gasteiger partial charge on any atom is 0.407 e. The van der Waals surface area contributed by atoms with E-state index in [9.17, 15) is 4.79 Å². The summed E-state index contributed by atoms with van der Waals surface area (Å²) in [5, 5.41) is 7.08. The van der Waals surface area contributed by atoms with Crippen molar-refractivity contribution < 1.29 is 18.8 Å². The van der Waals surface area contributed by atoms with Crippen LogP contribution >= 0.6 is 0 Å². The summed E-state index contributed by atoms with van der Waals surface area (Å²) >= 11 is 0. The van der Waals surface area contributed by atoms with Crippen molar-refractivity contribution in [2.75, 3.05) is 13.7 Å². The van der Waals surface area contributed by atoms with E-state index in [0.29, 0.717) is 24.7 Å². The van der Waals surface area contributed by atoms with E-state index in [1.54, 1.807) is 13.2 Å². The second-order valence-electron chi connectivity index (χ2n) is 8.26. The molecule has 0 saturated heterocycles. The minimum Gasteiger partial charge on any atom is -0.497 e. The first kappa shape index (κ1) is 22.6. The minimum atomic E-state index is -0.410. The molecule has 1 heterocycles. The highest BCUT2D eigenvalue weighted by Crippen LogP contribution is 2.44. The molecule has 0 spiro atoms. The molecule has 4 rings (SSSR count). The number of nitrogens with zero attached hydrogens (tertiary/aromatic N) is 2. The molecule has 7 heteroatoms. The van der Waals surface area contributed by atoms with Gasteiger partial charge in [0.1, 0.15) is 11.9 Å². The third-order valence-electron chi connectivity index (χ3n) is 6.16. The Morgan fingerprint density at radius 3 is 2.73 bits per heavy atom. The Kier molecular flexibility index (Phi) is 7.07. The number of aromatic nitrogens is 2. The van der Waals surface area contributed by atoms with Crippen molar-refractivity contribution in [3.05, 3.63) is 90.1 Å². The fourth-order valence-corrected chi connectivity index (χ4v) is 4.43. The Labute approximate surface area is 193 Å². The molecular weight excluding hydrogens is 418 g/mol. The summed E-state index contributed by atoms with van der Waals surface area (Å²) in [6.07, 6.45) is 4.56. The Morgan fingerprint density at radius 2 is 2.00 bits per heavy atom. The van der Waals surface area contributed by atoms with Gasteiger partial charge in [0.05, 0.1) is 18.9 Å². The van der Waals surface area contributed by atoms with Gasteiger partial charge in [0.25, 0.3) is 0 Å². The van der Waals surface area contributed by atoms with Crippen LogP contribution in [0.5, 0.6) is 5.75 Å². The van der Waals surface area contributed by atoms with Gasteiger partial charge in [0, 0.05) is 6.54 Å². The SMILES string of the molecule is C=CCNC(=O)OC1CCC(c2ccccc2)(c2noc(Cc3cccc(OC)c3)n2)CC1. The van der Waals surface area contributed by atoms with Crippen LogP contribution in [0.25, 0.3) is 0 Å². The highest BCUT2D eigenvalue weighted by Gasteiger charge is 2.43. The largest absolute Gasteiger partial charge is 0.497 e. The van der Waals surface area contributed by atoms with Crippen LogP contribution in [0, 0.1) is 0 Å². The molecule has 1 aliphatic carbocycles. The molecule has 0 atom stereocenters. The van der Waals surface area contributed by atoms with Gasteiger partial charge < -0.3 is 19.3 Å². The Balaban J connectivity index is 1.53. The molecule has 1 fully saturated rings. The molecule has 1 saturated carbocycles. The summed E-state index contributed by atoms with van der Waals surface area (Å²) in [5.74, 6) is 2.04. The van der Waals surface area contributed by atoms with Gasteiger partial charge >= 0.3 is 6.09 Å². The topological polar surface area (TPSA) is 86.5 Å². The number of benzene rings is 2.